The summed E-state index contributed by atoms with van der Waals surface area (Å²) in [6, 6.07) is 68.7. The van der Waals surface area contributed by atoms with Crippen LogP contribution in [-0.4, -0.2) is 9.97 Å². The third-order valence-electron chi connectivity index (χ3n) is 9.50. The Kier molecular flexibility index (Phi) is 7.53. The van der Waals surface area contributed by atoms with E-state index in [9.17, 15) is 0 Å². The molecule has 0 fully saturated rings. The van der Waals surface area contributed by atoms with E-state index in [1.807, 2.05) is 6.07 Å². The smallest absolute Gasteiger partial charge is 0.160 e. The molecule has 0 aliphatic rings. The van der Waals surface area contributed by atoms with E-state index >= 15 is 0 Å². The van der Waals surface area contributed by atoms with Gasteiger partial charge in [0, 0.05) is 21.9 Å². The summed E-state index contributed by atoms with van der Waals surface area (Å²) in [5.74, 6) is 0.712. The fourth-order valence-corrected chi connectivity index (χ4v) is 6.87. The Morgan fingerprint density at radius 1 is 0.260 bits per heavy atom. The first-order valence-electron chi connectivity index (χ1n) is 17.0. The van der Waals surface area contributed by atoms with E-state index in [1.165, 1.54) is 27.8 Å². The molecule has 1 aromatic heterocycles. The quantitative estimate of drug-likeness (QED) is 0.170. The van der Waals surface area contributed by atoms with Crippen LogP contribution in [0.1, 0.15) is 0 Å². The van der Waals surface area contributed by atoms with Crippen molar-refractivity contribution in [1.82, 2.24) is 9.97 Å². The molecule has 0 saturated heterocycles. The minimum Gasteiger partial charge on any atom is -0.227 e. The fourth-order valence-electron chi connectivity index (χ4n) is 6.87. The van der Waals surface area contributed by atoms with Crippen molar-refractivity contribution in [3.63, 3.8) is 0 Å². The van der Waals surface area contributed by atoms with Crippen molar-refractivity contribution < 1.29 is 0 Å². The molecule has 2 nitrogen and oxygen atoms in total. The second-order valence-corrected chi connectivity index (χ2v) is 12.6. The lowest BCUT2D eigenvalue weighted by Gasteiger charge is -2.13. The monoisotopic (exact) mass is 636 g/mol. The van der Waals surface area contributed by atoms with Crippen LogP contribution < -0.4 is 0 Å². The second-order valence-electron chi connectivity index (χ2n) is 12.6. The molecule has 234 valence electrons. The summed E-state index contributed by atoms with van der Waals surface area (Å²) in [5.41, 5.74) is 13.4. The normalized spacial score (nSPS) is 11.2. The van der Waals surface area contributed by atoms with Crippen LogP contribution in [0.2, 0.25) is 0 Å². The maximum Gasteiger partial charge on any atom is 0.160 e. The summed E-state index contributed by atoms with van der Waals surface area (Å²) < 4.78 is 0. The summed E-state index contributed by atoms with van der Waals surface area (Å²) in [7, 11) is 0. The lowest BCUT2D eigenvalue weighted by Crippen LogP contribution is -1.96. The topological polar surface area (TPSA) is 25.8 Å². The maximum atomic E-state index is 5.31. The van der Waals surface area contributed by atoms with E-state index in [2.05, 4.69) is 188 Å². The molecule has 0 radical (unpaired) electrons. The fraction of sp³-hybridized carbons (Fsp3) is 0. The van der Waals surface area contributed by atoms with Crippen molar-refractivity contribution in [2.75, 3.05) is 0 Å². The molecule has 0 bridgehead atoms. The van der Waals surface area contributed by atoms with Gasteiger partial charge < -0.3 is 0 Å². The first-order valence-corrected chi connectivity index (χ1v) is 17.0. The Bertz CT molecular complexity index is 2610. The highest BCUT2D eigenvalue weighted by atomic mass is 14.9. The zero-order valence-corrected chi connectivity index (χ0v) is 27.4. The van der Waals surface area contributed by atoms with Crippen molar-refractivity contribution >= 4 is 21.7 Å². The van der Waals surface area contributed by atoms with Gasteiger partial charge in [0.15, 0.2) is 5.82 Å². The first kappa shape index (κ1) is 29.5. The number of nitrogens with zero attached hydrogens (tertiary/aromatic N) is 2. The molecule has 50 heavy (non-hydrogen) atoms. The third kappa shape index (κ3) is 5.63. The number of aromatic nitrogens is 2. The molecule has 8 aromatic carbocycles. The zero-order chi connectivity index (χ0) is 33.3. The second kappa shape index (κ2) is 12.8. The first-order chi connectivity index (χ1) is 24.8. The van der Waals surface area contributed by atoms with Gasteiger partial charge in [-0.1, -0.05) is 176 Å². The predicted molar refractivity (Wildman–Crippen MR) is 210 cm³/mol. The van der Waals surface area contributed by atoms with Crippen LogP contribution in [0.15, 0.2) is 194 Å². The zero-order valence-electron chi connectivity index (χ0n) is 27.4. The van der Waals surface area contributed by atoms with E-state index in [0.29, 0.717) is 5.82 Å². The van der Waals surface area contributed by atoms with Crippen LogP contribution >= 0.6 is 0 Å². The highest BCUT2D eigenvalue weighted by Gasteiger charge is 2.15. The van der Waals surface area contributed by atoms with Gasteiger partial charge in [0.25, 0.3) is 0 Å². The van der Waals surface area contributed by atoms with Crippen LogP contribution in [0.5, 0.6) is 0 Å². The molecule has 1 heterocycles. The lowest BCUT2D eigenvalue weighted by atomic mass is 9.96. The average Bonchev–Trinajstić information content (AvgIpc) is 3.21. The van der Waals surface area contributed by atoms with Crippen LogP contribution in [0.25, 0.3) is 88.8 Å². The molecule has 0 N–H and O–H groups in total. The molecule has 0 atom stereocenters. The molecule has 0 aliphatic heterocycles. The molecule has 2 heteroatoms. The Labute approximate surface area is 292 Å². The SMILES string of the molecule is c1ccc(-c2ccc(-c3cccc(-c4nc(-c5cccc(-c6ccc(-c7ccccc7)cc6)c5)c5ccc6ccccc6c5n4)c3)cc2)cc1. The summed E-state index contributed by atoms with van der Waals surface area (Å²) in [5, 5.41) is 3.32. The molecule has 0 spiro atoms. The van der Waals surface area contributed by atoms with Gasteiger partial charge in [-0.25, -0.2) is 9.97 Å². The van der Waals surface area contributed by atoms with Gasteiger partial charge in [0.1, 0.15) is 0 Å². The number of rotatable bonds is 6. The highest BCUT2D eigenvalue weighted by Crippen LogP contribution is 2.36. The average molecular weight is 637 g/mol. The Morgan fingerprint density at radius 3 is 1.30 bits per heavy atom. The summed E-state index contributed by atoms with van der Waals surface area (Å²) in [6.45, 7) is 0. The van der Waals surface area contributed by atoms with Crippen molar-refractivity contribution in [3.05, 3.63) is 194 Å². The minimum absolute atomic E-state index is 0.712. The molecule has 0 aliphatic carbocycles. The van der Waals surface area contributed by atoms with Gasteiger partial charge in [-0.3, -0.25) is 0 Å². The highest BCUT2D eigenvalue weighted by molar-refractivity contribution is 6.09. The Balaban J connectivity index is 1.14. The van der Waals surface area contributed by atoms with Gasteiger partial charge in [0.2, 0.25) is 0 Å². The largest absolute Gasteiger partial charge is 0.227 e. The molecule has 9 aromatic rings. The van der Waals surface area contributed by atoms with Gasteiger partial charge in [-0.15, -0.1) is 0 Å². The van der Waals surface area contributed by atoms with Crippen molar-refractivity contribution in [2.24, 2.45) is 0 Å². The van der Waals surface area contributed by atoms with Gasteiger partial charge in [0.05, 0.1) is 11.2 Å². The van der Waals surface area contributed by atoms with E-state index in [1.54, 1.807) is 0 Å². The number of hydrogen-bond donors (Lipinski definition) is 0. The maximum absolute atomic E-state index is 5.31. The lowest BCUT2D eigenvalue weighted by molar-refractivity contribution is 1.23. The molecule has 0 unspecified atom stereocenters. The number of benzene rings is 8. The Hall–Kier alpha value is -6.64. The number of hydrogen-bond acceptors (Lipinski definition) is 2. The van der Waals surface area contributed by atoms with Crippen LogP contribution in [0, 0.1) is 0 Å². The van der Waals surface area contributed by atoms with E-state index in [-0.39, 0.29) is 0 Å². The van der Waals surface area contributed by atoms with E-state index in [0.717, 1.165) is 55.2 Å². The molecular formula is C48H32N2. The molecule has 9 rings (SSSR count). The minimum atomic E-state index is 0.712. The standard InChI is InChI=1S/C48H32N2/c1-3-11-33(12-4-1)35-21-25-37(26-22-35)40-16-9-18-42(31-40)46-45-30-29-39-15-7-8-20-44(39)47(45)50-48(49-46)43-19-10-17-41(32-43)38-27-23-36(24-28-38)34-13-5-2-6-14-34/h1-32H. The van der Waals surface area contributed by atoms with Gasteiger partial charge >= 0.3 is 0 Å². The van der Waals surface area contributed by atoms with Crippen molar-refractivity contribution in [3.8, 4) is 67.2 Å². The Morgan fingerprint density at radius 2 is 0.700 bits per heavy atom. The molecule has 0 amide bonds. The molecule has 0 saturated carbocycles. The molecular weight excluding hydrogens is 605 g/mol. The van der Waals surface area contributed by atoms with Crippen molar-refractivity contribution in [1.29, 1.82) is 0 Å². The summed E-state index contributed by atoms with van der Waals surface area (Å²) in [6.07, 6.45) is 0. The van der Waals surface area contributed by atoms with Crippen molar-refractivity contribution in [2.45, 2.75) is 0 Å². The van der Waals surface area contributed by atoms with E-state index in [4.69, 9.17) is 9.97 Å². The van der Waals surface area contributed by atoms with Crippen LogP contribution in [0.4, 0.5) is 0 Å². The van der Waals surface area contributed by atoms with E-state index < -0.39 is 0 Å². The summed E-state index contributed by atoms with van der Waals surface area (Å²) >= 11 is 0. The van der Waals surface area contributed by atoms with Crippen LogP contribution in [0.3, 0.4) is 0 Å². The predicted octanol–water partition coefficient (Wildman–Crippen LogP) is 12.8. The number of fused-ring (bicyclic) bond motifs is 3. The van der Waals surface area contributed by atoms with Gasteiger partial charge in [-0.2, -0.15) is 0 Å². The summed E-state index contributed by atoms with van der Waals surface area (Å²) in [4.78, 5) is 10.6. The third-order valence-corrected chi connectivity index (χ3v) is 9.50. The van der Waals surface area contributed by atoms with Gasteiger partial charge in [-0.05, 0) is 68.1 Å². The van der Waals surface area contributed by atoms with Crippen LogP contribution in [-0.2, 0) is 0 Å².